The summed E-state index contributed by atoms with van der Waals surface area (Å²) in [6.45, 7) is 11.0. The van der Waals surface area contributed by atoms with E-state index in [1.165, 1.54) is 19.3 Å². The molecule has 1 atom stereocenters. The molecule has 3 N–H and O–H groups in total. The zero-order valence-electron chi connectivity index (χ0n) is 10.2. The van der Waals surface area contributed by atoms with Crippen molar-refractivity contribution in [2.75, 3.05) is 13.1 Å². The van der Waals surface area contributed by atoms with E-state index in [1.807, 2.05) is 0 Å². The topological polar surface area (TPSA) is 38.0 Å². The van der Waals surface area contributed by atoms with E-state index < -0.39 is 0 Å². The molecule has 0 saturated heterocycles. The van der Waals surface area contributed by atoms with Gasteiger partial charge in [0.25, 0.3) is 0 Å². The van der Waals surface area contributed by atoms with Crippen LogP contribution in [0.1, 0.15) is 47.0 Å². The highest BCUT2D eigenvalue weighted by Gasteiger charge is 2.38. The Bertz CT molecular complexity index is 181. The van der Waals surface area contributed by atoms with Crippen molar-refractivity contribution >= 4 is 0 Å². The minimum Gasteiger partial charge on any atom is -0.324 e. The number of nitrogens with one attached hydrogen (secondary N) is 1. The molecule has 0 aromatic heterocycles. The molecule has 0 heterocycles. The fourth-order valence-electron chi connectivity index (χ4n) is 1.68. The molecule has 1 fully saturated rings. The largest absolute Gasteiger partial charge is 0.324 e. The number of hydrogen-bond donors (Lipinski definition) is 2. The van der Waals surface area contributed by atoms with Gasteiger partial charge < -0.3 is 11.1 Å². The van der Waals surface area contributed by atoms with Gasteiger partial charge in [0.2, 0.25) is 0 Å². The fraction of sp³-hybridized carbons (Fsp3) is 1.00. The van der Waals surface area contributed by atoms with E-state index >= 15 is 0 Å². The second-order valence-corrected chi connectivity index (χ2v) is 5.90. The highest BCUT2D eigenvalue weighted by molar-refractivity contribution is 4.96. The summed E-state index contributed by atoms with van der Waals surface area (Å²) in [5.74, 6) is 0.764. The minimum atomic E-state index is 0.0177. The summed E-state index contributed by atoms with van der Waals surface area (Å²) in [6.07, 6.45) is 3.86. The van der Waals surface area contributed by atoms with Crippen molar-refractivity contribution in [3.8, 4) is 0 Å². The summed E-state index contributed by atoms with van der Waals surface area (Å²) in [4.78, 5) is 0. The summed E-state index contributed by atoms with van der Waals surface area (Å²) in [6, 6.07) is 0. The standard InChI is InChI=1S/C12H26N2/c1-5-11(2,3)8-14-9-12(4,13)10-6-7-10/h10,14H,5-9,13H2,1-4H3. The second-order valence-electron chi connectivity index (χ2n) is 5.90. The minimum absolute atomic E-state index is 0.0177. The van der Waals surface area contributed by atoms with Gasteiger partial charge in [-0.05, 0) is 37.5 Å². The average Bonchev–Trinajstić information content (AvgIpc) is 2.85. The number of nitrogens with two attached hydrogens (primary N) is 1. The number of hydrogen-bond acceptors (Lipinski definition) is 2. The van der Waals surface area contributed by atoms with Gasteiger partial charge in [-0.25, -0.2) is 0 Å². The highest BCUT2D eigenvalue weighted by atomic mass is 14.9. The van der Waals surface area contributed by atoms with Crippen LogP contribution in [0.5, 0.6) is 0 Å². The van der Waals surface area contributed by atoms with Crippen LogP contribution in [0.4, 0.5) is 0 Å². The molecule has 0 amide bonds. The maximum Gasteiger partial charge on any atom is 0.0280 e. The van der Waals surface area contributed by atoms with E-state index in [2.05, 4.69) is 33.0 Å². The van der Waals surface area contributed by atoms with Gasteiger partial charge in [-0.1, -0.05) is 20.8 Å². The molecule has 0 radical (unpaired) electrons. The lowest BCUT2D eigenvalue weighted by atomic mass is 9.89. The molecule has 0 spiro atoms. The average molecular weight is 198 g/mol. The van der Waals surface area contributed by atoms with Crippen LogP contribution >= 0.6 is 0 Å². The molecule has 1 unspecified atom stereocenters. The van der Waals surface area contributed by atoms with Crippen LogP contribution < -0.4 is 11.1 Å². The Morgan fingerprint density at radius 1 is 1.21 bits per heavy atom. The first-order valence-electron chi connectivity index (χ1n) is 5.87. The molecule has 1 saturated carbocycles. The van der Waals surface area contributed by atoms with Crippen LogP contribution in [0.25, 0.3) is 0 Å². The Morgan fingerprint density at radius 2 is 1.79 bits per heavy atom. The fourth-order valence-corrected chi connectivity index (χ4v) is 1.68. The van der Waals surface area contributed by atoms with Crippen molar-refractivity contribution in [2.24, 2.45) is 17.1 Å². The maximum atomic E-state index is 6.23. The first-order chi connectivity index (χ1) is 6.37. The van der Waals surface area contributed by atoms with E-state index in [-0.39, 0.29) is 5.54 Å². The summed E-state index contributed by atoms with van der Waals surface area (Å²) in [5, 5.41) is 3.51. The van der Waals surface area contributed by atoms with Crippen molar-refractivity contribution < 1.29 is 0 Å². The van der Waals surface area contributed by atoms with Gasteiger partial charge in [0.05, 0.1) is 0 Å². The SMILES string of the molecule is CCC(C)(C)CNCC(C)(N)C1CC1. The number of rotatable bonds is 6. The molecule has 1 rings (SSSR count). The smallest absolute Gasteiger partial charge is 0.0280 e. The molecule has 2 heteroatoms. The van der Waals surface area contributed by atoms with Gasteiger partial charge in [-0.15, -0.1) is 0 Å². The molecular weight excluding hydrogens is 172 g/mol. The summed E-state index contributed by atoms with van der Waals surface area (Å²) in [5.41, 5.74) is 6.65. The zero-order chi connectivity index (χ0) is 10.8. The molecule has 0 aliphatic heterocycles. The molecule has 2 nitrogen and oxygen atoms in total. The van der Waals surface area contributed by atoms with Gasteiger partial charge >= 0.3 is 0 Å². The van der Waals surface area contributed by atoms with Crippen LogP contribution in [0.2, 0.25) is 0 Å². The van der Waals surface area contributed by atoms with E-state index in [0.717, 1.165) is 19.0 Å². The Kier molecular flexibility index (Phi) is 3.59. The lowest BCUT2D eigenvalue weighted by Gasteiger charge is -2.29. The molecule has 0 aromatic rings. The predicted octanol–water partition coefficient (Wildman–Crippen LogP) is 2.14. The quantitative estimate of drug-likeness (QED) is 0.686. The van der Waals surface area contributed by atoms with E-state index in [1.54, 1.807) is 0 Å². The van der Waals surface area contributed by atoms with Crippen LogP contribution in [-0.2, 0) is 0 Å². The first kappa shape index (κ1) is 12.0. The van der Waals surface area contributed by atoms with Crippen molar-refractivity contribution in [1.82, 2.24) is 5.32 Å². The van der Waals surface area contributed by atoms with Gasteiger partial charge in [0.1, 0.15) is 0 Å². The second kappa shape index (κ2) is 4.19. The zero-order valence-corrected chi connectivity index (χ0v) is 10.2. The summed E-state index contributed by atoms with van der Waals surface area (Å²) >= 11 is 0. The van der Waals surface area contributed by atoms with Gasteiger partial charge in [-0.3, -0.25) is 0 Å². The maximum absolute atomic E-state index is 6.23. The molecule has 84 valence electrons. The Hall–Kier alpha value is -0.0800. The Labute approximate surface area is 88.6 Å². The third kappa shape index (κ3) is 3.58. The molecule has 1 aliphatic carbocycles. The third-order valence-electron chi connectivity index (χ3n) is 3.58. The first-order valence-corrected chi connectivity index (χ1v) is 5.87. The highest BCUT2D eigenvalue weighted by Crippen LogP contribution is 2.37. The van der Waals surface area contributed by atoms with E-state index in [0.29, 0.717) is 5.41 Å². The van der Waals surface area contributed by atoms with Gasteiger partial charge in [0.15, 0.2) is 0 Å². The Balaban J connectivity index is 2.20. The van der Waals surface area contributed by atoms with Crippen molar-refractivity contribution in [3.05, 3.63) is 0 Å². The normalized spacial score (nSPS) is 22.1. The van der Waals surface area contributed by atoms with Crippen molar-refractivity contribution in [3.63, 3.8) is 0 Å². The molecule has 0 bridgehead atoms. The molecule has 14 heavy (non-hydrogen) atoms. The third-order valence-corrected chi connectivity index (χ3v) is 3.58. The molecule has 1 aliphatic rings. The summed E-state index contributed by atoms with van der Waals surface area (Å²) in [7, 11) is 0. The van der Waals surface area contributed by atoms with Crippen LogP contribution in [-0.4, -0.2) is 18.6 Å². The van der Waals surface area contributed by atoms with E-state index in [9.17, 15) is 0 Å². The van der Waals surface area contributed by atoms with Crippen molar-refractivity contribution in [2.45, 2.75) is 52.5 Å². The summed E-state index contributed by atoms with van der Waals surface area (Å²) < 4.78 is 0. The van der Waals surface area contributed by atoms with Gasteiger partial charge in [-0.2, -0.15) is 0 Å². The predicted molar refractivity (Wildman–Crippen MR) is 62.3 cm³/mol. The molecule has 0 aromatic carbocycles. The molecular formula is C12H26N2. The monoisotopic (exact) mass is 198 g/mol. The van der Waals surface area contributed by atoms with Crippen LogP contribution in [0.15, 0.2) is 0 Å². The van der Waals surface area contributed by atoms with Gasteiger partial charge in [0, 0.05) is 18.6 Å². The van der Waals surface area contributed by atoms with Crippen molar-refractivity contribution in [1.29, 1.82) is 0 Å². The lowest BCUT2D eigenvalue weighted by Crippen LogP contribution is -2.49. The van der Waals surface area contributed by atoms with E-state index in [4.69, 9.17) is 5.73 Å². The Morgan fingerprint density at radius 3 is 2.21 bits per heavy atom. The van der Waals surface area contributed by atoms with Crippen LogP contribution in [0.3, 0.4) is 0 Å². The lowest BCUT2D eigenvalue weighted by molar-refractivity contribution is 0.298. The van der Waals surface area contributed by atoms with Crippen LogP contribution in [0, 0.1) is 11.3 Å².